The fourth-order valence-electron chi connectivity index (χ4n) is 2.14. The lowest BCUT2D eigenvalue weighted by Gasteiger charge is -2.21. The second-order valence-electron chi connectivity index (χ2n) is 5.87. The van der Waals surface area contributed by atoms with Crippen LogP contribution in [0.25, 0.3) is 0 Å². The van der Waals surface area contributed by atoms with Crippen molar-refractivity contribution in [3.63, 3.8) is 0 Å². The summed E-state index contributed by atoms with van der Waals surface area (Å²) in [5.74, 6) is 0.511. The van der Waals surface area contributed by atoms with E-state index in [1.54, 1.807) is 0 Å². The zero-order valence-corrected chi connectivity index (χ0v) is 11.7. The third-order valence-corrected chi connectivity index (χ3v) is 3.23. The zero-order chi connectivity index (χ0) is 12.9. The molecule has 0 spiro atoms. The van der Waals surface area contributed by atoms with Crippen molar-refractivity contribution in [1.82, 2.24) is 0 Å². The Morgan fingerprint density at radius 2 is 1.76 bits per heavy atom. The molecule has 0 saturated heterocycles. The summed E-state index contributed by atoms with van der Waals surface area (Å²) < 4.78 is 0. The molecule has 0 saturated carbocycles. The van der Waals surface area contributed by atoms with Gasteiger partial charge in [-0.25, -0.2) is 0 Å². The van der Waals surface area contributed by atoms with Crippen molar-refractivity contribution < 1.29 is 5.11 Å². The van der Waals surface area contributed by atoms with Gasteiger partial charge in [-0.15, -0.1) is 0 Å². The lowest BCUT2D eigenvalue weighted by molar-refractivity contribution is 0.439. The second-order valence-corrected chi connectivity index (χ2v) is 5.87. The van der Waals surface area contributed by atoms with Crippen molar-refractivity contribution in [1.29, 1.82) is 0 Å². The molecule has 1 heteroatoms. The highest BCUT2D eigenvalue weighted by molar-refractivity contribution is 5.44. The average Bonchev–Trinajstić information content (AvgIpc) is 2.25. The molecule has 96 valence electrons. The van der Waals surface area contributed by atoms with E-state index in [0.29, 0.717) is 5.75 Å². The predicted octanol–water partition coefficient (Wildman–Crippen LogP) is 4.81. The van der Waals surface area contributed by atoms with E-state index in [1.807, 2.05) is 6.07 Å². The summed E-state index contributed by atoms with van der Waals surface area (Å²) in [6.07, 6.45) is 5.98. The predicted molar refractivity (Wildman–Crippen MR) is 74.7 cm³/mol. The van der Waals surface area contributed by atoms with Crippen LogP contribution in [0.3, 0.4) is 0 Å². The SMILES string of the molecule is CCCCCCc1cccc(C(C)(C)C)c1O. The molecule has 0 fully saturated rings. The molecule has 0 amide bonds. The summed E-state index contributed by atoms with van der Waals surface area (Å²) in [6, 6.07) is 6.15. The van der Waals surface area contributed by atoms with Gasteiger partial charge in [-0.1, -0.05) is 65.2 Å². The molecule has 0 bridgehead atoms. The van der Waals surface area contributed by atoms with Gasteiger partial charge < -0.3 is 5.11 Å². The van der Waals surface area contributed by atoms with E-state index < -0.39 is 0 Å². The second kappa shape index (κ2) is 6.09. The van der Waals surface area contributed by atoms with E-state index in [1.165, 1.54) is 25.7 Å². The fraction of sp³-hybridized carbons (Fsp3) is 0.625. The molecule has 17 heavy (non-hydrogen) atoms. The number of benzene rings is 1. The Labute approximate surface area is 106 Å². The van der Waals surface area contributed by atoms with E-state index in [4.69, 9.17) is 0 Å². The van der Waals surface area contributed by atoms with Gasteiger partial charge in [-0.05, 0) is 29.4 Å². The molecule has 0 radical (unpaired) electrons. The molecule has 0 aliphatic rings. The molecule has 0 heterocycles. The van der Waals surface area contributed by atoms with Crippen LogP contribution >= 0.6 is 0 Å². The third-order valence-electron chi connectivity index (χ3n) is 3.23. The Kier molecular flexibility index (Phi) is 5.04. The number of aryl methyl sites for hydroxylation is 1. The number of unbranched alkanes of at least 4 members (excludes halogenated alkanes) is 3. The average molecular weight is 234 g/mol. The van der Waals surface area contributed by atoms with Crippen LogP contribution in [0, 0.1) is 0 Å². The summed E-state index contributed by atoms with van der Waals surface area (Å²) in [4.78, 5) is 0. The maximum absolute atomic E-state index is 10.3. The Morgan fingerprint density at radius 1 is 1.06 bits per heavy atom. The lowest BCUT2D eigenvalue weighted by atomic mass is 9.84. The first kappa shape index (κ1) is 14.1. The minimum absolute atomic E-state index is 0.0174. The first-order valence-electron chi connectivity index (χ1n) is 6.78. The van der Waals surface area contributed by atoms with Gasteiger partial charge in [-0.2, -0.15) is 0 Å². The van der Waals surface area contributed by atoms with Crippen LogP contribution in [0.15, 0.2) is 18.2 Å². The maximum Gasteiger partial charge on any atom is 0.122 e. The Hall–Kier alpha value is -0.980. The summed E-state index contributed by atoms with van der Waals surface area (Å²) in [5, 5.41) is 10.3. The lowest BCUT2D eigenvalue weighted by Crippen LogP contribution is -2.11. The van der Waals surface area contributed by atoms with E-state index in [-0.39, 0.29) is 5.41 Å². The summed E-state index contributed by atoms with van der Waals surface area (Å²) in [7, 11) is 0. The van der Waals surface area contributed by atoms with Crippen molar-refractivity contribution in [2.75, 3.05) is 0 Å². The van der Waals surface area contributed by atoms with Gasteiger partial charge in [0, 0.05) is 0 Å². The zero-order valence-electron chi connectivity index (χ0n) is 11.7. The highest BCUT2D eigenvalue weighted by Gasteiger charge is 2.19. The number of aromatic hydroxyl groups is 1. The van der Waals surface area contributed by atoms with Crippen LogP contribution < -0.4 is 0 Å². The molecular weight excluding hydrogens is 208 g/mol. The number of para-hydroxylation sites is 1. The van der Waals surface area contributed by atoms with Crippen LogP contribution in [0.2, 0.25) is 0 Å². The molecule has 0 aromatic heterocycles. The molecule has 1 aromatic carbocycles. The van der Waals surface area contributed by atoms with Gasteiger partial charge in [-0.3, -0.25) is 0 Å². The topological polar surface area (TPSA) is 20.2 Å². The minimum Gasteiger partial charge on any atom is -0.507 e. The van der Waals surface area contributed by atoms with Gasteiger partial charge in [0.15, 0.2) is 0 Å². The van der Waals surface area contributed by atoms with Gasteiger partial charge in [0.25, 0.3) is 0 Å². The molecule has 0 unspecified atom stereocenters. The Morgan fingerprint density at radius 3 is 2.35 bits per heavy atom. The van der Waals surface area contributed by atoms with E-state index in [0.717, 1.165) is 17.5 Å². The van der Waals surface area contributed by atoms with Crippen molar-refractivity contribution in [2.24, 2.45) is 0 Å². The maximum atomic E-state index is 10.3. The van der Waals surface area contributed by atoms with Gasteiger partial charge in [0.05, 0.1) is 0 Å². The standard InChI is InChI=1S/C16H26O/c1-5-6-7-8-10-13-11-9-12-14(15(13)17)16(2,3)4/h9,11-12,17H,5-8,10H2,1-4H3. The smallest absolute Gasteiger partial charge is 0.122 e. The number of hydrogen-bond donors (Lipinski definition) is 1. The Bertz CT molecular complexity index is 347. The Balaban J connectivity index is 2.74. The monoisotopic (exact) mass is 234 g/mol. The molecule has 0 aliphatic carbocycles. The first-order valence-corrected chi connectivity index (χ1v) is 6.78. The van der Waals surface area contributed by atoms with Crippen molar-refractivity contribution >= 4 is 0 Å². The molecule has 0 aliphatic heterocycles. The van der Waals surface area contributed by atoms with Crippen LogP contribution in [0.1, 0.15) is 64.5 Å². The largest absolute Gasteiger partial charge is 0.507 e. The number of phenolic OH excluding ortho intramolecular Hbond substituents is 1. The molecular formula is C16H26O. The highest BCUT2D eigenvalue weighted by Crippen LogP contribution is 2.33. The van der Waals surface area contributed by atoms with Crippen LogP contribution in [-0.4, -0.2) is 5.11 Å². The van der Waals surface area contributed by atoms with Gasteiger partial charge >= 0.3 is 0 Å². The third kappa shape index (κ3) is 4.07. The van der Waals surface area contributed by atoms with Crippen molar-refractivity contribution in [3.8, 4) is 5.75 Å². The van der Waals surface area contributed by atoms with Crippen molar-refractivity contribution in [3.05, 3.63) is 29.3 Å². The number of rotatable bonds is 5. The molecule has 0 atom stereocenters. The molecule has 1 rings (SSSR count). The summed E-state index contributed by atoms with van der Waals surface area (Å²) in [6.45, 7) is 8.65. The molecule has 1 nitrogen and oxygen atoms in total. The van der Waals surface area contributed by atoms with Crippen LogP contribution in [0.5, 0.6) is 5.75 Å². The summed E-state index contributed by atoms with van der Waals surface area (Å²) >= 11 is 0. The van der Waals surface area contributed by atoms with E-state index in [9.17, 15) is 5.11 Å². The van der Waals surface area contributed by atoms with E-state index >= 15 is 0 Å². The fourth-order valence-corrected chi connectivity index (χ4v) is 2.14. The minimum atomic E-state index is 0.0174. The first-order chi connectivity index (χ1) is 7.96. The van der Waals surface area contributed by atoms with E-state index in [2.05, 4.69) is 39.8 Å². The molecule has 1 aromatic rings. The quantitative estimate of drug-likeness (QED) is 0.725. The van der Waals surface area contributed by atoms with Gasteiger partial charge in [0.1, 0.15) is 5.75 Å². The highest BCUT2D eigenvalue weighted by atomic mass is 16.3. The normalized spacial score (nSPS) is 11.8. The van der Waals surface area contributed by atoms with Crippen LogP contribution in [0.4, 0.5) is 0 Å². The van der Waals surface area contributed by atoms with Crippen LogP contribution in [-0.2, 0) is 11.8 Å². The number of phenols is 1. The van der Waals surface area contributed by atoms with Gasteiger partial charge in [0.2, 0.25) is 0 Å². The van der Waals surface area contributed by atoms with Crippen molar-refractivity contribution in [2.45, 2.75) is 65.2 Å². The molecule has 1 N–H and O–H groups in total. The summed E-state index contributed by atoms with van der Waals surface area (Å²) in [5.41, 5.74) is 2.18. The number of hydrogen-bond acceptors (Lipinski definition) is 1.